The number of amides is 1. The first-order valence-electron chi connectivity index (χ1n) is 6.10. The summed E-state index contributed by atoms with van der Waals surface area (Å²) >= 11 is 1.56. The molecule has 0 bridgehead atoms. The van der Waals surface area contributed by atoms with E-state index in [2.05, 4.69) is 16.8 Å². The van der Waals surface area contributed by atoms with Gasteiger partial charge in [-0.05, 0) is 17.0 Å². The molecule has 0 aromatic carbocycles. The molecule has 2 aromatic rings. The van der Waals surface area contributed by atoms with Crippen molar-refractivity contribution in [3.05, 3.63) is 40.1 Å². The molecule has 0 atom stereocenters. The van der Waals surface area contributed by atoms with Gasteiger partial charge in [0.1, 0.15) is 5.69 Å². The Kier molecular flexibility index (Phi) is 4.56. The van der Waals surface area contributed by atoms with E-state index in [1.54, 1.807) is 40.4 Å². The standard InChI is InChI=1S/C14H16N4OS/c1-17-8-13(16-10-17)14(19)18(2)7-11-6-12(20-9-11)4-3-5-15/h6,8-10H,5,7,15H2,1-2H3. The van der Waals surface area contributed by atoms with Gasteiger partial charge in [0.2, 0.25) is 0 Å². The number of aryl methyl sites for hydroxylation is 1. The van der Waals surface area contributed by atoms with E-state index in [0.717, 1.165) is 10.4 Å². The summed E-state index contributed by atoms with van der Waals surface area (Å²) in [6.45, 7) is 0.890. The van der Waals surface area contributed by atoms with Crippen LogP contribution in [0.1, 0.15) is 20.9 Å². The number of carbonyl (C=O) groups is 1. The van der Waals surface area contributed by atoms with Crippen molar-refractivity contribution in [1.29, 1.82) is 0 Å². The molecule has 0 aliphatic carbocycles. The van der Waals surface area contributed by atoms with E-state index >= 15 is 0 Å². The summed E-state index contributed by atoms with van der Waals surface area (Å²) in [5.74, 6) is 5.71. The molecule has 0 spiro atoms. The van der Waals surface area contributed by atoms with Crippen molar-refractivity contribution in [2.75, 3.05) is 13.6 Å². The summed E-state index contributed by atoms with van der Waals surface area (Å²) in [4.78, 5) is 18.8. The molecule has 0 aliphatic rings. The van der Waals surface area contributed by atoms with E-state index < -0.39 is 0 Å². The van der Waals surface area contributed by atoms with Crippen LogP contribution in [0.25, 0.3) is 0 Å². The maximum Gasteiger partial charge on any atom is 0.274 e. The van der Waals surface area contributed by atoms with Gasteiger partial charge in [-0.25, -0.2) is 4.98 Å². The second-order valence-electron chi connectivity index (χ2n) is 4.41. The molecule has 0 saturated carbocycles. The zero-order valence-corrected chi connectivity index (χ0v) is 12.3. The predicted molar refractivity (Wildman–Crippen MR) is 79.3 cm³/mol. The minimum absolute atomic E-state index is 0.0913. The molecular weight excluding hydrogens is 272 g/mol. The van der Waals surface area contributed by atoms with Gasteiger partial charge in [-0.2, -0.15) is 0 Å². The van der Waals surface area contributed by atoms with E-state index in [9.17, 15) is 4.79 Å². The van der Waals surface area contributed by atoms with Crippen LogP contribution < -0.4 is 5.73 Å². The molecule has 0 saturated heterocycles. The Hall–Kier alpha value is -2.10. The van der Waals surface area contributed by atoms with Crippen LogP contribution in [0.4, 0.5) is 0 Å². The molecule has 104 valence electrons. The molecular formula is C14H16N4OS. The molecule has 2 rings (SSSR count). The lowest BCUT2D eigenvalue weighted by atomic mass is 10.3. The first-order chi connectivity index (χ1) is 9.60. The third-order valence-corrected chi connectivity index (χ3v) is 3.55. The van der Waals surface area contributed by atoms with Crippen LogP contribution in [0.2, 0.25) is 0 Å². The van der Waals surface area contributed by atoms with Gasteiger partial charge >= 0.3 is 0 Å². The largest absolute Gasteiger partial charge is 0.340 e. The lowest BCUT2D eigenvalue weighted by molar-refractivity contribution is 0.0780. The number of hydrogen-bond acceptors (Lipinski definition) is 4. The Labute approximate surface area is 122 Å². The van der Waals surface area contributed by atoms with Gasteiger partial charge in [0, 0.05) is 26.8 Å². The van der Waals surface area contributed by atoms with E-state index in [4.69, 9.17) is 5.73 Å². The quantitative estimate of drug-likeness (QED) is 0.859. The Morgan fingerprint density at radius 3 is 3.05 bits per heavy atom. The lowest BCUT2D eigenvalue weighted by Gasteiger charge is -2.14. The van der Waals surface area contributed by atoms with Gasteiger partial charge in [-0.15, -0.1) is 11.3 Å². The second-order valence-corrected chi connectivity index (χ2v) is 5.32. The van der Waals surface area contributed by atoms with Crippen molar-refractivity contribution < 1.29 is 4.79 Å². The normalized spacial score (nSPS) is 9.95. The number of nitrogens with zero attached hydrogens (tertiary/aromatic N) is 3. The Bertz CT molecular complexity index is 662. The maximum atomic E-state index is 12.2. The first-order valence-corrected chi connectivity index (χ1v) is 6.98. The highest BCUT2D eigenvalue weighted by Crippen LogP contribution is 2.15. The summed E-state index contributed by atoms with van der Waals surface area (Å²) in [5.41, 5.74) is 6.85. The van der Waals surface area contributed by atoms with Crippen molar-refractivity contribution in [1.82, 2.24) is 14.5 Å². The van der Waals surface area contributed by atoms with Gasteiger partial charge in [-0.1, -0.05) is 11.8 Å². The van der Waals surface area contributed by atoms with Crippen LogP contribution in [0.15, 0.2) is 24.0 Å². The fourth-order valence-electron chi connectivity index (χ4n) is 1.73. The number of aromatic nitrogens is 2. The number of rotatable bonds is 3. The van der Waals surface area contributed by atoms with Crippen molar-refractivity contribution in [3.8, 4) is 11.8 Å². The zero-order valence-electron chi connectivity index (χ0n) is 11.5. The smallest absolute Gasteiger partial charge is 0.274 e. The molecule has 0 unspecified atom stereocenters. The molecule has 1 amide bonds. The third kappa shape index (κ3) is 3.47. The second kappa shape index (κ2) is 6.37. The molecule has 2 N–H and O–H groups in total. The molecule has 0 aliphatic heterocycles. The van der Waals surface area contributed by atoms with E-state index in [-0.39, 0.29) is 5.91 Å². The van der Waals surface area contributed by atoms with Gasteiger partial charge in [0.05, 0.1) is 17.7 Å². The highest BCUT2D eigenvalue weighted by molar-refractivity contribution is 7.10. The molecule has 0 fully saturated rings. The summed E-state index contributed by atoms with van der Waals surface area (Å²) < 4.78 is 1.76. The number of thiophene rings is 1. The van der Waals surface area contributed by atoms with Gasteiger partial charge in [-0.3, -0.25) is 4.79 Å². The average molecular weight is 288 g/mol. The monoisotopic (exact) mass is 288 g/mol. The van der Waals surface area contributed by atoms with Crippen LogP contribution in [0.5, 0.6) is 0 Å². The highest BCUT2D eigenvalue weighted by Gasteiger charge is 2.14. The molecule has 5 nitrogen and oxygen atoms in total. The number of imidazole rings is 1. The fraction of sp³-hybridized carbons (Fsp3) is 0.286. The van der Waals surface area contributed by atoms with E-state index in [0.29, 0.717) is 18.8 Å². The maximum absolute atomic E-state index is 12.2. The van der Waals surface area contributed by atoms with Crippen LogP contribution in [0, 0.1) is 11.8 Å². The summed E-state index contributed by atoms with van der Waals surface area (Å²) in [7, 11) is 3.60. The van der Waals surface area contributed by atoms with Crippen LogP contribution in [-0.2, 0) is 13.6 Å². The van der Waals surface area contributed by atoms with Gasteiger partial charge < -0.3 is 15.2 Å². The highest BCUT2D eigenvalue weighted by atomic mass is 32.1. The fourth-order valence-corrected chi connectivity index (χ4v) is 2.50. The van der Waals surface area contributed by atoms with Crippen LogP contribution in [0.3, 0.4) is 0 Å². The molecule has 2 heterocycles. The summed E-state index contributed by atoms with van der Waals surface area (Å²) in [6, 6.07) is 1.98. The SMILES string of the molecule is CN(Cc1csc(C#CCN)c1)C(=O)c1cn(C)cn1. The van der Waals surface area contributed by atoms with Crippen LogP contribution in [-0.4, -0.2) is 34.0 Å². The first kappa shape index (κ1) is 14.3. The van der Waals surface area contributed by atoms with Gasteiger partial charge in [0.25, 0.3) is 5.91 Å². The third-order valence-electron chi connectivity index (χ3n) is 2.66. The van der Waals surface area contributed by atoms with Gasteiger partial charge in [0.15, 0.2) is 0 Å². The zero-order chi connectivity index (χ0) is 14.5. The average Bonchev–Trinajstić information content (AvgIpc) is 3.04. The van der Waals surface area contributed by atoms with E-state index in [1.807, 2.05) is 18.5 Å². The minimum atomic E-state index is -0.0913. The minimum Gasteiger partial charge on any atom is -0.340 e. The summed E-state index contributed by atoms with van der Waals surface area (Å²) in [6.07, 6.45) is 3.33. The number of hydrogen-bond donors (Lipinski definition) is 1. The predicted octanol–water partition coefficient (Wildman–Crippen LogP) is 1.06. The number of nitrogens with two attached hydrogens (primary N) is 1. The van der Waals surface area contributed by atoms with Crippen molar-refractivity contribution in [2.24, 2.45) is 12.8 Å². The lowest BCUT2D eigenvalue weighted by Crippen LogP contribution is -2.26. The topological polar surface area (TPSA) is 64.2 Å². The Morgan fingerprint density at radius 2 is 2.40 bits per heavy atom. The molecule has 0 radical (unpaired) electrons. The molecule has 20 heavy (non-hydrogen) atoms. The number of carbonyl (C=O) groups excluding carboxylic acids is 1. The summed E-state index contributed by atoms with van der Waals surface area (Å²) in [5, 5.41) is 2.00. The molecule has 6 heteroatoms. The Balaban J connectivity index is 2.02. The van der Waals surface area contributed by atoms with Crippen molar-refractivity contribution >= 4 is 17.2 Å². The van der Waals surface area contributed by atoms with Crippen molar-refractivity contribution in [2.45, 2.75) is 6.54 Å². The van der Waals surface area contributed by atoms with Crippen molar-refractivity contribution in [3.63, 3.8) is 0 Å². The Morgan fingerprint density at radius 1 is 1.60 bits per heavy atom. The van der Waals surface area contributed by atoms with Crippen LogP contribution >= 0.6 is 11.3 Å². The van der Waals surface area contributed by atoms with E-state index in [1.165, 1.54) is 0 Å². The molecule has 2 aromatic heterocycles.